The molecular formula is C11H21N3O3S2. The summed E-state index contributed by atoms with van der Waals surface area (Å²) in [6, 6.07) is -0.148. The number of aromatic amines is 1. The third-order valence-corrected chi connectivity index (χ3v) is 5.36. The van der Waals surface area contributed by atoms with Crippen LogP contribution in [0.1, 0.15) is 31.7 Å². The molecule has 0 fully saturated rings. The zero-order valence-electron chi connectivity index (χ0n) is 11.4. The lowest BCUT2D eigenvalue weighted by Crippen LogP contribution is -2.33. The molecule has 0 aliphatic heterocycles. The molecule has 0 saturated carbocycles. The molecule has 0 spiro atoms. The third kappa shape index (κ3) is 4.48. The number of hydrogen-bond donors (Lipinski definition) is 3. The standard InChI is InChI=1S/C11H21N3O3S2/c1-4-18-6-5-8(2)14-19(16,17)11-9(3)12-13-10(11)7-15/h8,14-15H,4-7H2,1-3H3,(H,12,13). The zero-order chi connectivity index (χ0) is 14.5. The van der Waals surface area contributed by atoms with Crippen LogP contribution in [-0.4, -0.2) is 41.3 Å². The first kappa shape index (κ1) is 16.5. The van der Waals surface area contributed by atoms with E-state index in [-0.39, 0.29) is 16.6 Å². The predicted molar refractivity (Wildman–Crippen MR) is 76.6 cm³/mol. The largest absolute Gasteiger partial charge is 0.390 e. The Morgan fingerprint density at radius 1 is 1.53 bits per heavy atom. The number of H-pyrrole nitrogens is 1. The van der Waals surface area contributed by atoms with Crippen LogP contribution in [0.4, 0.5) is 0 Å². The molecule has 8 heteroatoms. The smallest absolute Gasteiger partial charge is 0.244 e. The van der Waals surface area contributed by atoms with Gasteiger partial charge < -0.3 is 5.11 Å². The zero-order valence-corrected chi connectivity index (χ0v) is 13.1. The second-order valence-electron chi connectivity index (χ2n) is 4.29. The van der Waals surface area contributed by atoms with Gasteiger partial charge in [0.05, 0.1) is 12.3 Å². The van der Waals surface area contributed by atoms with Crippen molar-refractivity contribution in [2.75, 3.05) is 11.5 Å². The van der Waals surface area contributed by atoms with Gasteiger partial charge in [0.15, 0.2) is 0 Å². The van der Waals surface area contributed by atoms with Gasteiger partial charge in [0.1, 0.15) is 10.6 Å². The van der Waals surface area contributed by atoms with E-state index < -0.39 is 16.6 Å². The van der Waals surface area contributed by atoms with Crippen LogP contribution in [0.2, 0.25) is 0 Å². The minimum absolute atomic E-state index is 0.0602. The summed E-state index contributed by atoms with van der Waals surface area (Å²) in [4.78, 5) is 0.0602. The van der Waals surface area contributed by atoms with Crippen LogP contribution in [0.15, 0.2) is 4.90 Å². The molecule has 0 aliphatic rings. The fraction of sp³-hybridized carbons (Fsp3) is 0.727. The summed E-state index contributed by atoms with van der Waals surface area (Å²) in [6.45, 7) is 5.13. The molecule has 1 aromatic rings. The number of aliphatic hydroxyl groups excluding tert-OH is 1. The van der Waals surface area contributed by atoms with Crippen molar-refractivity contribution in [1.29, 1.82) is 0 Å². The first-order chi connectivity index (χ1) is 8.92. The van der Waals surface area contributed by atoms with Gasteiger partial charge in [0.2, 0.25) is 10.0 Å². The Morgan fingerprint density at radius 3 is 2.79 bits per heavy atom. The van der Waals surface area contributed by atoms with Crippen LogP contribution in [-0.2, 0) is 16.6 Å². The van der Waals surface area contributed by atoms with Crippen LogP contribution in [0.3, 0.4) is 0 Å². The molecule has 6 nitrogen and oxygen atoms in total. The van der Waals surface area contributed by atoms with E-state index in [2.05, 4.69) is 21.8 Å². The quantitative estimate of drug-likeness (QED) is 0.623. The number of sulfonamides is 1. The van der Waals surface area contributed by atoms with E-state index >= 15 is 0 Å². The Balaban J connectivity index is 2.78. The van der Waals surface area contributed by atoms with Crippen LogP contribution in [0, 0.1) is 6.92 Å². The minimum Gasteiger partial charge on any atom is -0.390 e. The average Bonchev–Trinajstić information content (AvgIpc) is 2.70. The lowest BCUT2D eigenvalue weighted by molar-refractivity contribution is 0.273. The van der Waals surface area contributed by atoms with E-state index in [0.29, 0.717) is 5.69 Å². The van der Waals surface area contributed by atoms with Gasteiger partial charge in [-0.05, 0) is 31.8 Å². The van der Waals surface area contributed by atoms with Crippen molar-refractivity contribution in [3.8, 4) is 0 Å². The van der Waals surface area contributed by atoms with E-state index in [9.17, 15) is 8.42 Å². The van der Waals surface area contributed by atoms with E-state index in [4.69, 9.17) is 5.11 Å². The van der Waals surface area contributed by atoms with Gasteiger partial charge in [-0.2, -0.15) is 16.9 Å². The van der Waals surface area contributed by atoms with E-state index in [1.165, 1.54) is 0 Å². The van der Waals surface area contributed by atoms with Crippen LogP contribution in [0.5, 0.6) is 0 Å². The second-order valence-corrected chi connectivity index (χ2v) is 7.34. The molecule has 0 radical (unpaired) electrons. The minimum atomic E-state index is -3.64. The Labute approximate surface area is 118 Å². The fourth-order valence-corrected chi connectivity index (χ4v) is 4.16. The predicted octanol–water partition coefficient (Wildman–Crippen LogP) is 1.02. The van der Waals surface area contributed by atoms with Gasteiger partial charge >= 0.3 is 0 Å². The number of hydrogen-bond acceptors (Lipinski definition) is 5. The number of rotatable bonds is 8. The molecule has 0 aliphatic carbocycles. The highest BCUT2D eigenvalue weighted by Crippen LogP contribution is 2.18. The van der Waals surface area contributed by atoms with Crippen LogP contribution >= 0.6 is 11.8 Å². The average molecular weight is 307 g/mol. The molecule has 1 rings (SSSR count). The highest BCUT2D eigenvalue weighted by atomic mass is 32.2. The van der Waals surface area contributed by atoms with Crippen molar-refractivity contribution in [3.05, 3.63) is 11.4 Å². The molecule has 0 aromatic carbocycles. The van der Waals surface area contributed by atoms with Gasteiger partial charge in [-0.3, -0.25) is 5.10 Å². The van der Waals surface area contributed by atoms with Crippen LogP contribution in [0.25, 0.3) is 0 Å². The molecule has 1 aromatic heterocycles. The number of aromatic nitrogens is 2. The molecule has 1 atom stereocenters. The van der Waals surface area contributed by atoms with Crippen LogP contribution < -0.4 is 4.72 Å². The maximum absolute atomic E-state index is 12.2. The van der Waals surface area contributed by atoms with E-state index in [0.717, 1.165) is 17.9 Å². The van der Waals surface area contributed by atoms with E-state index in [1.54, 1.807) is 18.7 Å². The Kier molecular flexibility index (Phi) is 6.31. The topological polar surface area (TPSA) is 95.1 Å². The van der Waals surface area contributed by atoms with Crippen molar-refractivity contribution < 1.29 is 13.5 Å². The molecule has 1 unspecified atom stereocenters. The summed E-state index contributed by atoms with van der Waals surface area (Å²) in [5, 5.41) is 15.5. The van der Waals surface area contributed by atoms with E-state index in [1.807, 2.05) is 6.92 Å². The lowest BCUT2D eigenvalue weighted by atomic mass is 10.3. The number of aryl methyl sites for hydroxylation is 1. The number of aliphatic hydroxyl groups is 1. The third-order valence-electron chi connectivity index (χ3n) is 2.64. The Morgan fingerprint density at radius 2 is 2.21 bits per heavy atom. The number of nitrogens with one attached hydrogen (secondary N) is 2. The highest BCUT2D eigenvalue weighted by molar-refractivity contribution is 7.99. The molecule has 19 heavy (non-hydrogen) atoms. The molecule has 1 heterocycles. The summed E-state index contributed by atoms with van der Waals surface area (Å²) >= 11 is 1.78. The number of nitrogens with zero attached hydrogens (tertiary/aromatic N) is 1. The maximum atomic E-state index is 12.2. The first-order valence-corrected chi connectivity index (χ1v) is 8.81. The maximum Gasteiger partial charge on any atom is 0.244 e. The van der Waals surface area contributed by atoms with Crippen molar-refractivity contribution in [1.82, 2.24) is 14.9 Å². The van der Waals surface area contributed by atoms with Crippen molar-refractivity contribution in [2.45, 2.75) is 44.7 Å². The molecule has 0 saturated heterocycles. The van der Waals surface area contributed by atoms with Crippen molar-refractivity contribution >= 4 is 21.8 Å². The first-order valence-electron chi connectivity index (χ1n) is 6.17. The fourth-order valence-electron chi connectivity index (χ4n) is 1.72. The summed E-state index contributed by atoms with van der Waals surface area (Å²) < 4.78 is 27.1. The number of thioether (sulfide) groups is 1. The van der Waals surface area contributed by atoms with Crippen molar-refractivity contribution in [2.24, 2.45) is 0 Å². The van der Waals surface area contributed by atoms with Gasteiger partial charge in [-0.15, -0.1) is 0 Å². The Hall–Kier alpha value is -0.570. The molecular weight excluding hydrogens is 286 g/mol. The lowest BCUT2D eigenvalue weighted by Gasteiger charge is -2.14. The highest BCUT2D eigenvalue weighted by Gasteiger charge is 2.25. The van der Waals surface area contributed by atoms with Gasteiger partial charge in [-0.25, -0.2) is 13.1 Å². The summed E-state index contributed by atoms with van der Waals surface area (Å²) in [6.07, 6.45) is 0.767. The van der Waals surface area contributed by atoms with Gasteiger partial charge in [-0.1, -0.05) is 6.92 Å². The summed E-state index contributed by atoms with van der Waals surface area (Å²) in [7, 11) is -3.64. The van der Waals surface area contributed by atoms with Crippen molar-refractivity contribution in [3.63, 3.8) is 0 Å². The second kappa shape index (κ2) is 7.28. The normalized spacial score (nSPS) is 13.7. The Bertz CT molecular complexity index is 499. The summed E-state index contributed by atoms with van der Waals surface area (Å²) in [5.41, 5.74) is 0.590. The molecule has 0 bridgehead atoms. The molecule has 110 valence electrons. The monoisotopic (exact) mass is 307 g/mol. The SMILES string of the molecule is CCSCCC(C)NS(=O)(=O)c1c(CO)n[nH]c1C. The molecule has 3 N–H and O–H groups in total. The molecule has 0 amide bonds. The summed E-state index contributed by atoms with van der Waals surface area (Å²) in [5.74, 6) is 1.94. The van der Waals surface area contributed by atoms with Gasteiger partial charge in [0, 0.05) is 6.04 Å². The van der Waals surface area contributed by atoms with Gasteiger partial charge in [0.25, 0.3) is 0 Å².